The molecule has 0 aliphatic heterocycles. The summed E-state index contributed by atoms with van der Waals surface area (Å²) in [6, 6.07) is 12.1. The zero-order valence-electron chi connectivity index (χ0n) is 16.2. The minimum atomic E-state index is -3.66. The number of carbonyl (C=O) groups is 1. The highest BCUT2D eigenvalue weighted by Crippen LogP contribution is 2.26. The fraction of sp³-hybridized carbons (Fsp3) is 0.350. The van der Waals surface area contributed by atoms with Crippen molar-refractivity contribution in [2.75, 3.05) is 25.1 Å². The number of benzene rings is 2. The van der Waals surface area contributed by atoms with Gasteiger partial charge in [0.05, 0.1) is 12.0 Å². The van der Waals surface area contributed by atoms with Gasteiger partial charge in [0.1, 0.15) is 5.75 Å². The highest BCUT2D eigenvalue weighted by molar-refractivity contribution is 7.89. The van der Waals surface area contributed by atoms with Gasteiger partial charge in [-0.1, -0.05) is 25.1 Å². The molecule has 0 radical (unpaired) electrons. The number of ether oxygens (including phenoxy) is 1. The number of methoxy groups -OCH3 is 1. The van der Waals surface area contributed by atoms with Crippen LogP contribution in [-0.2, 0) is 21.2 Å². The van der Waals surface area contributed by atoms with Crippen molar-refractivity contribution in [3.05, 3.63) is 53.6 Å². The van der Waals surface area contributed by atoms with Crippen LogP contribution in [-0.4, -0.2) is 34.5 Å². The van der Waals surface area contributed by atoms with E-state index in [1.807, 2.05) is 32.0 Å². The number of carbonyl (C=O) groups excluding carboxylic acids is 1. The van der Waals surface area contributed by atoms with Crippen LogP contribution in [0.1, 0.15) is 25.0 Å². The first-order valence-electron chi connectivity index (χ1n) is 8.80. The number of para-hydroxylation sites is 1. The van der Waals surface area contributed by atoms with Crippen LogP contribution in [0.2, 0.25) is 0 Å². The third-order valence-corrected chi connectivity index (χ3v) is 5.83. The first kappa shape index (κ1) is 20.9. The van der Waals surface area contributed by atoms with Crippen molar-refractivity contribution in [1.82, 2.24) is 4.72 Å². The predicted octanol–water partition coefficient (Wildman–Crippen LogP) is 2.90. The largest absolute Gasteiger partial charge is 0.497 e. The Morgan fingerprint density at radius 1 is 1.15 bits per heavy atom. The van der Waals surface area contributed by atoms with Crippen LogP contribution in [0.3, 0.4) is 0 Å². The molecule has 0 saturated carbocycles. The van der Waals surface area contributed by atoms with Crippen LogP contribution in [0.15, 0.2) is 47.4 Å². The van der Waals surface area contributed by atoms with Crippen LogP contribution in [0, 0.1) is 6.92 Å². The van der Waals surface area contributed by atoms with Gasteiger partial charge in [0, 0.05) is 25.7 Å². The molecule has 0 unspecified atom stereocenters. The van der Waals surface area contributed by atoms with Gasteiger partial charge in [-0.25, -0.2) is 13.1 Å². The quantitative estimate of drug-likeness (QED) is 0.752. The molecule has 1 amide bonds. The summed E-state index contributed by atoms with van der Waals surface area (Å²) in [5.74, 6) is 0.464. The predicted molar refractivity (Wildman–Crippen MR) is 107 cm³/mol. The summed E-state index contributed by atoms with van der Waals surface area (Å²) in [4.78, 5) is 14.0. The van der Waals surface area contributed by atoms with Gasteiger partial charge in [-0.05, 0) is 48.7 Å². The molecule has 0 saturated heterocycles. The average Bonchev–Trinajstić information content (AvgIpc) is 2.65. The fourth-order valence-electron chi connectivity index (χ4n) is 2.95. The number of nitrogens with one attached hydrogen (secondary N) is 1. The Labute approximate surface area is 161 Å². The molecule has 1 N–H and O–H groups in total. The number of anilines is 1. The molecular formula is C20H26N2O4S. The monoisotopic (exact) mass is 390 g/mol. The van der Waals surface area contributed by atoms with Gasteiger partial charge in [-0.15, -0.1) is 0 Å². The Morgan fingerprint density at radius 2 is 1.81 bits per heavy atom. The second kappa shape index (κ2) is 9.01. The second-order valence-corrected chi connectivity index (χ2v) is 7.95. The average molecular weight is 391 g/mol. The van der Waals surface area contributed by atoms with Gasteiger partial charge in [-0.3, -0.25) is 4.79 Å². The Hall–Kier alpha value is -2.38. The third kappa shape index (κ3) is 5.08. The number of amides is 1. The number of rotatable bonds is 8. The standard InChI is InChI=1S/C20H26N2O4S/c1-5-17-8-6-7-15(2)20(17)22(16(3)23)14-13-21-27(24,25)19-11-9-18(26-4)10-12-19/h6-12,21H,5,13-14H2,1-4H3. The van der Waals surface area contributed by atoms with E-state index in [9.17, 15) is 13.2 Å². The topological polar surface area (TPSA) is 75.7 Å². The van der Waals surface area contributed by atoms with Crippen molar-refractivity contribution >= 4 is 21.6 Å². The van der Waals surface area contributed by atoms with Crippen LogP contribution in [0.25, 0.3) is 0 Å². The lowest BCUT2D eigenvalue weighted by Gasteiger charge is -2.26. The molecule has 0 fully saturated rings. The molecule has 27 heavy (non-hydrogen) atoms. The van der Waals surface area contributed by atoms with Crippen molar-refractivity contribution in [2.24, 2.45) is 0 Å². The highest BCUT2D eigenvalue weighted by Gasteiger charge is 2.19. The van der Waals surface area contributed by atoms with Crippen LogP contribution < -0.4 is 14.4 Å². The number of aryl methyl sites for hydroxylation is 2. The maximum Gasteiger partial charge on any atom is 0.240 e. The maximum absolute atomic E-state index is 12.5. The van der Waals surface area contributed by atoms with E-state index in [4.69, 9.17) is 4.74 Å². The molecule has 2 aromatic rings. The summed E-state index contributed by atoms with van der Waals surface area (Å²) < 4.78 is 32.5. The van der Waals surface area contributed by atoms with Gasteiger partial charge in [0.25, 0.3) is 0 Å². The highest BCUT2D eigenvalue weighted by atomic mass is 32.2. The molecule has 2 aromatic carbocycles. The Kier molecular flexibility index (Phi) is 6.98. The Balaban J connectivity index is 2.14. The maximum atomic E-state index is 12.5. The molecule has 0 heterocycles. The third-order valence-electron chi connectivity index (χ3n) is 4.35. The normalized spacial score (nSPS) is 11.3. The first-order chi connectivity index (χ1) is 12.8. The zero-order valence-corrected chi connectivity index (χ0v) is 17.0. The summed E-state index contributed by atoms with van der Waals surface area (Å²) >= 11 is 0. The van der Waals surface area contributed by atoms with Crippen molar-refractivity contribution in [3.8, 4) is 5.75 Å². The van der Waals surface area contributed by atoms with Crippen molar-refractivity contribution in [3.63, 3.8) is 0 Å². The lowest BCUT2D eigenvalue weighted by atomic mass is 10.0. The SMILES string of the molecule is CCc1cccc(C)c1N(CCNS(=O)(=O)c1ccc(OC)cc1)C(C)=O. The molecule has 146 valence electrons. The number of nitrogens with zero attached hydrogens (tertiary/aromatic N) is 1. The molecule has 0 atom stereocenters. The van der Waals surface area contributed by atoms with Gasteiger partial charge in [0.2, 0.25) is 15.9 Å². The molecule has 0 aliphatic carbocycles. The van der Waals surface area contributed by atoms with Gasteiger partial charge in [-0.2, -0.15) is 0 Å². The first-order valence-corrected chi connectivity index (χ1v) is 10.3. The zero-order chi connectivity index (χ0) is 20.0. The molecule has 0 spiro atoms. The fourth-order valence-corrected chi connectivity index (χ4v) is 3.97. The van der Waals surface area contributed by atoms with E-state index < -0.39 is 10.0 Å². The van der Waals surface area contributed by atoms with Crippen LogP contribution in [0.5, 0.6) is 5.75 Å². The van der Waals surface area contributed by atoms with Crippen LogP contribution >= 0.6 is 0 Å². The molecule has 7 heteroatoms. The van der Waals surface area contributed by atoms with Gasteiger partial charge >= 0.3 is 0 Å². The number of sulfonamides is 1. The summed E-state index contributed by atoms with van der Waals surface area (Å²) in [5, 5.41) is 0. The van der Waals surface area contributed by atoms with E-state index in [1.54, 1.807) is 17.0 Å². The Morgan fingerprint density at radius 3 is 2.37 bits per heavy atom. The molecule has 0 aliphatic rings. The van der Waals surface area contributed by atoms with E-state index in [2.05, 4.69) is 4.72 Å². The summed E-state index contributed by atoms with van der Waals surface area (Å²) in [6.07, 6.45) is 0.790. The minimum Gasteiger partial charge on any atom is -0.497 e. The summed E-state index contributed by atoms with van der Waals surface area (Å²) in [6.45, 7) is 5.84. The van der Waals surface area contributed by atoms with E-state index in [0.29, 0.717) is 5.75 Å². The molecule has 0 bridgehead atoms. The number of hydrogen-bond donors (Lipinski definition) is 1. The van der Waals surface area contributed by atoms with Crippen molar-refractivity contribution in [2.45, 2.75) is 32.1 Å². The van der Waals surface area contributed by atoms with E-state index in [0.717, 1.165) is 23.2 Å². The minimum absolute atomic E-state index is 0.116. The molecule has 0 aromatic heterocycles. The smallest absolute Gasteiger partial charge is 0.240 e. The van der Waals surface area contributed by atoms with E-state index in [-0.39, 0.29) is 23.9 Å². The molecule has 2 rings (SSSR count). The van der Waals surface area contributed by atoms with E-state index in [1.165, 1.54) is 26.2 Å². The van der Waals surface area contributed by atoms with Gasteiger partial charge < -0.3 is 9.64 Å². The Bertz CT molecular complexity index is 893. The van der Waals surface area contributed by atoms with Crippen molar-refractivity contribution < 1.29 is 17.9 Å². The van der Waals surface area contributed by atoms with Gasteiger partial charge in [0.15, 0.2) is 0 Å². The van der Waals surface area contributed by atoms with Crippen molar-refractivity contribution in [1.29, 1.82) is 0 Å². The summed E-state index contributed by atoms with van der Waals surface area (Å²) in [5.41, 5.74) is 2.90. The molecular weight excluding hydrogens is 364 g/mol. The summed E-state index contributed by atoms with van der Waals surface area (Å²) in [7, 11) is -2.14. The molecule has 6 nitrogen and oxygen atoms in total. The van der Waals surface area contributed by atoms with Crippen LogP contribution in [0.4, 0.5) is 5.69 Å². The van der Waals surface area contributed by atoms with E-state index >= 15 is 0 Å². The lowest BCUT2D eigenvalue weighted by molar-refractivity contribution is -0.116. The second-order valence-electron chi connectivity index (χ2n) is 6.18. The lowest BCUT2D eigenvalue weighted by Crippen LogP contribution is -2.38. The number of hydrogen-bond acceptors (Lipinski definition) is 4.